The number of rotatable bonds is 0. The standard InChI is InChI=1S/C9H15NO/c1-9(2)8-4-3-7(5-8)6-10(9)11/h6-8H,3-5H2,1-2H3/t7-,8+/m0/s1. The van der Waals surface area contributed by atoms with Gasteiger partial charge in [0.2, 0.25) is 0 Å². The summed E-state index contributed by atoms with van der Waals surface area (Å²) in [6.07, 6.45) is 5.59. The Morgan fingerprint density at radius 1 is 1.45 bits per heavy atom. The molecule has 0 aromatic carbocycles. The minimum Gasteiger partial charge on any atom is -0.624 e. The number of hydrogen-bond donors (Lipinski definition) is 0. The van der Waals surface area contributed by atoms with E-state index in [1.54, 1.807) is 0 Å². The van der Waals surface area contributed by atoms with Crippen LogP contribution in [0.5, 0.6) is 0 Å². The Hall–Kier alpha value is -0.530. The number of hydroxylamine groups is 1. The second-order valence-electron chi connectivity index (χ2n) is 4.40. The lowest BCUT2D eigenvalue weighted by Crippen LogP contribution is -2.43. The highest BCUT2D eigenvalue weighted by Crippen LogP contribution is 2.41. The minimum atomic E-state index is -0.132. The van der Waals surface area contributed by atoms with Crippen LogP contribution in [0.3, 0.4) is 0 Å². The fourth-order valence-electron chi connectivity index (χ4n) is 2.36. The zero-order valence-electron chi connectivity index (χ0n) is 7.21. The van der Waals surface area contributed by atoms with Gasteiger partial charge in [-0.15, -0.1) is 0 Å². The van der Waals surface area contributed by atoms with Crippen LogP contribution in [0.2, 0.25) is 0 Å². The van der Waals surface area contributed by atoms with Crippen molar-refractivity contribution in [2.45, 2.75) is 38.6 Å². The number of fused-ring (bicyclic) bond motifs is 2. The highest BCUT2D eigenvalue weighted by atomic mass is 16.5. The van der Waals surface area contributed by atoms with Crippen LogP contribution in [-0.4, -0.2) is 16.5 Å². The van der Waals surface area contributed by atoms with E-state index in [-0.39, 0.29) is 5.54 Å². The third kappa shape index (κ3) is 0.883. The SMILES string of the molecule is CC1(C)[C@@H]2CC[C@H](C=[N+]1[O-])C2. The lowest BCUT2D eigenvalue weighted by Gasteiger charge is -2.32. The molecule has 0 aromatic rings. The van der Waals surface area contributed by atoms with Crippen LogP contribution in [0.25, 0.3) is 0 Å². The molecule has 1 aliphatic heterocycles. The fourth-order valence-corrected chi connectivity index (χ4v) is 2.36. The van der Waals surface area contributed by atoms with Crippen LogP contribution in [0.4, 0.5) is 0 Å². The van der Waals surface area contributed by atoms with Crippen LogP contribution in [0, 0.1) is 17.0 Å². The van der Waals surface area contributed by atoms with Crippen LogP contribution in [0.1, 0.15) is 33.1 Å². The predicted octanol–water partition coefficient (Wildman–Crippen LogP) is 1.78. The van der Waals surface area contributed by atoms with E-state index in [4.69, 9.17) is 0 Å². The van der Waals surface area contributed by atoms with E-state index in [0.717, 1.165) is 0 Å². The topological polar surface area (TPSA) is 26.1 Å². The fraction of sp³-hybridized carbons (Fsp3) is 0.889. The van der Waals surface area contributed by atoms with Gasteiger partial charge in [-0.2, -0.15) is 0 Å². The van der Waals surface area contributed by atoms with Crippen molar-refractivity contribution in [2.75, 3.05) is 0 Å². The summed E-state index contributed by atoms with van der Waals surface area (Å²) in [5, 5.41) is 11.4. The van der Waals surface area contributed by atoms with Gasteiger partial charge in [0.1, 0.15) is 0 Å². The van der Waals surface area contributed by atoms with Crippen molar-refractivity contribution < 1.29 is 4.74 Å². The van der Waals surface area contributed by atoms with Gasteiger partial charge in [-0.05, 0) is 19.3 Å². The maximum atomic E-state index is 11.4. The molecule has 11 heavy (non-hydrogen) atoms. The maximum absolute atomic E-state index is 11.4. The molecule has 0 spiro atoms. The van der Waals surface area contributed by atoms with Crippen molar-refractivity contribution >= 4 is 6.21 Å². The van der Waals surface area contributed by atoms with Gasteiger partial charge in [0, 0.05) is 25.7 Å². The van der Waals surface area contributed by atoms with Crippen LogP contribution in [0.15, 0.2) is 0 Å². The molecule has 1 aliphatic carbocycles. The average molecular weight is 153 g/mol. The molecule has 0 N–H and O–H groups in total. The number of nitrogens with zero attached hydrogens (tertiary/aromatic N) is 1. The average Bonchev–Trinajstić information content (AvgIpc) is 2.31. The Bertz CT molecular complexity index is 208. The molecule has 62 valence electrons. The van der Waals surface area contributed by atoms with Crippen LogP contribution >= 0.6 is 0 Å². The van der Waals surface area contributed by atoms with Gasteiger partial charge in [-0.3, -0.25) is 0 Å². The second kappa shape index (κ2) is 1.99. The van der Waals surface area contributed by atoms with Gasteiger partial charge in [-0.25, -0.2) is 4.74 Å². The summed E-state index contributed by atoms with van der Waals surface area (Å²) in [4.78, 5) is 0. The summed E-state index contributed by atoms with van der Waals surface area (Å²) >= 11 is 0. The van der Waals surface area contributed by atoms with E-state index in [1.807, 2.05) is 6.21 Å². The maximum Gasteiger partial charge on any atom is 0.169 e. The van der Waals surface area contributed by atoms with E-state index < -0.39 is 0 Å². The van der Waals surface area contributed by atoms with E-state index >= 15 is 0 Å². The lowest BCUT2D eigenvalue weighted by atomic mass is 9.84. The smallest absolute Gasteiger partial charge is 0.169 e. The Morgan fingerprint density at radius 2 is 2.18 bits per heavy atom. The van der Waals surface area contributed by atoms with Gasteiger partial charge in [0.15, 0.2) is 11.8 Å². The van der Waals surface area contributed by atoms with Crippen molar-refractivity contribution in [3.63, 3.8) is 0 Å². The van der Waals surface area contributed by atoms with Gasteiger partial charge in [-0.1, -0.05) is 0 Å². The first kappa shape index (κ1) is 7.14. The van der Waals surface area contributed by atoms with Crippen molar-refractivity contribution in [3.8, 4) is 0 Å². The van der Waals surface area contributed by atoms with Gasteiger partial charge in [0.05, 0.1) is 0 Å². The van der Waals surface area contributed by atoms with Gasteiger partial charge >= 0.3 is 0 Å². The van der Waals surface area contributed by atoms with Crippen molar-refractivity contribution in [1.82, 2.24) is 0 Å². The van der Waals surface area contributed by atoms with E-state index in [0.29, 0.717) is 11.8 Å². The lowest BCUT2D eigenvalue weighted by molar-refractivity contribution is -0.553. The molecular formula is C9H15NO. The van der Waals surface area contributed by atoms with E-state index in [1.165, 1.54) is 24.0 Å². The summed E-state index contributed by atoms with van der Waals surface area (Å²) in [5.74, 6) is 1.22. The molecule has 0 amide bonds. The third-order valence-electron chi connectivity index (χ3n) is 3.39. The Labute approximate surface area is 67.5 Å². The molecule has 0 radical (unpaired) electrons. The van der Waals surface area contributed by atoms with Crippen molar-refractivity contribution in [3.05, 3.63) is 5.21 Å². The van der Waals surface area contributed by atoms with Gasteiger partial charge < -0.3 is 5.21 Å². The summed E-state index contributed by atoms with van der Waals surface area (Å²) in [6, 6.07) is 0. The molecule has 2 rings (SSSR count). The highest BCUT2D eigenvalue weighted by Gasteiger charge is 2.46. The van der Waals surface area contributed by atoms with Crippen LogP contribution in [-0.2, 0) is 0 Å². The molecule has 0 aromatic heterocycles. The summed E-state index contributed by atoms with van der Waals surface area (Å²) in [6.45, 7) is 4.12. The normalized spacial score (nSPS) is 40.4. The largest absolute Gasteiger partial charge is 0.624 e. The molecular weight excluding hydrogens is 138 g/mol. The Kier molecular flexibility index (Phi) is 1.29. The number of hydrogen-bond acceptors (Lipinski definition) is 1. The van der Waals surface area contributed by atoms with Crippen molar-refractivity contribution in [1.29, 1.82) is 0 Å². The summed E-state index contributed by atoms with van der Waals surface area (Å²) in [5.41, 5.74) is -0.132. The second-order valence-corrected chi connectivity index (χ2v) is 4.40. The first-order chi connectivity index (χ1) is 5.10. The monoisotopic (exact) mass is 153 g/mol. The van der Waals surface area contributed by atoms with Crippen molar-refractivity contribution in [2.24, 2.45) is 11.8 Å². The van der Waals surface area contributed by atoms with E-state index in [9.17, 15) is 5.21 Å². The van der Waals surface area contributed by atoms with E-state index in [2.05, 4.69) is 13.8 Å². The van der Waals surface area contributed by atoms with Crippen LogP contribution < -0.4 is 0 Å². The Morgan fingerprint density at radius 3 is 2.91 bits per heavy atom. The first-order valence-electron chi connectivity index (χ1n) is 4.42. The molecule has 1 fully saturated rings. The zero-order valence-corrected chi connectivity index (χ0v) is 7.21. The first-order valence-corrected chi connectivity index (χ1v) is 4.42. The highest BCUT2D eigenvalue weighted by molar-refractivity contribution is 5.57. The predicted molar refractivity (Wildman–Crippen MR) is 44.6 cm³/mol. The molecule has 2 heteroatoms. The third-order valence-corrected chi connectivity index (χ3v) is 3.39. The molecule has 0 unspecified atom stereocenters. The minimum absolute atomic E-state index is 0.132. The molecule has 1 heterocycles. The molecule has 2 nitrogen and oxygen atoms in total. The Balaban J connectivity index is 2.35. The molecule has 2 bridgehead atoms. The molecule has 1 saturated carbocycles. The quantitative estimate of drug-likeness (QED) is 0.385. The molecule has 0 saturated heterocycles. The molecule has 2 aliphatic rings. The van der Waals surface area contributed by atoms with Gasteiger partial charge in [0.25, 0.3) is 0 Å². The molecule has 2 atom stereocenters. The summed E-state index contributed by atoms with van der Waals surface area (Å²) in [7, 11) is 0. The zero-order chi connectivity index (χ0) is 8.06. The summed E-state index contributed by atoms with van der Waals surface area (Å²) < 4.78 is 1.18.